The monoisotopic (exact) mass is 233 g/mol. The average molecular weight is 233 g/mol. The third kappa shape index (κ3) is 2.17. The zero-order valence-electron chi connectivity index (χ0n) is 9.69. The van der Waals surface area contributed by atoms with Gasteiger partial charge in [0.1, 0.15) is 5.82 Å². The Morgan fingerprint density at radius 1 is 1.47 bits per heavy atom. The fourth-order valence-corrected chi connectivity index (χ4v) is 2.53. The fraction of sp³-hybridized carbons (Fsp3) is 0.462. The minimum atomic E-state index is -0.194. The summed E-state index contributed by atoms with van der Waals surface area (Å²) in [7, 11) is 0. The minimum absolute atomic E-state index is 0.194. The normalized spacial score (nSPS) is 20.9. The molecule has 2 aromatic rings. The minimum Gasteiger partial charge on any atom is -0.330 e. The van der Waals surface area contributed by atoms with Crippen molar-refractivity contribution in [2.45, 2.75) is 19.4 Å². The molecule has 1 atom stereocenters. The molecule has 1 N–H and O–H groups in total. The Balaban J connectivity index is 1.86. The van der Waals surface area contributed by atoms with Gasteiger partial charge in [-0.05, 0) is 50.0 Å². The smallest absolute Gasteiger partial charge is 0.125 e. The third-order valence-corrected chi connectivity index (χ3v) is 3.44. The molecule has 0 aliphatic carbocycles. The second kappa shape index (κ2) is 4.45. The number of fused-ring (bicyclic) bond motifs is 1. The van der Waals surface area contributed by atoms with E-state index in [0.717, 1.165) is 30.7 Å². The lowest BCUT2D eigenvalue weighted by atomic mass is 10.00. The molecule has 1 saturated heterocycles. The van der Waals surface area contributed by atoms with Crippen molar-refractivity contribution in [3.8, 4) is 0 Å². The lowest BCUT2D eigenvalue weighted by Crippen LogP contribution is -2.32. The van der Waals surface area contributed by atoms with Gasteiger partial charge in [-0.1, -0.05) is 0 Å². The van der Waals surface area contributed by atoms with Crippen LogP contribution in [0.25, 0.3) is 11.0 Å². The van der Waals surface area contributed by atoms with E-state index in [2.05, 4.69) is 14.9 Å². The standard InChI is InChI=1S/C13H16FN3/c14-11-3-4-12-13(6-11)17(9-16-12)8-10-2-1-5-15-7-10/h3-4,6,9-10,15H,1-2,5,7-8H2. The number of rotatable bonds is 2. The molecule has 1 fully saturated rings. The van der Waals surface area contributed by atoms with E-state index in [1.165, 1.54) is 18.9 Å². The maximum Gasteiger partial charge on any atom is 0.125 e. The fourth-order valence-electron chi connectivity index (χ4n) is 2.53. The largest absolute Gasteiger partial charge is 0.330 e. The van der Waals surface area contributed by atoms with Crippen molar-refractivity contribution >= 4 is 11.0 Å². The van der Waals surface area contributed by atoms with Crippen molar-refractivity contribution in [3.05, 3.63) is 30.3 Å². The van der Waals surface area contributed by atoms with Crippen molar-refractivity contribution in [2.75, 3.05) is 13.1 Å². The lowest BCUT2D eigenvalue weighted by molar-refractivity contribution is 0.340. The van der Waals surface area contributed by atoms with Gasteiger partial charge in [0.15, 0.2) is 0 Å². The molecule has 0 amide bonds. The second-order valence-corrected chi connectivity index (χ2v) is 4.74. The summed E-state index contributed by atoms with van der Waals surface area (Å²) in [4.78, 5) is 4.30. The SMILES string of the molecule is Fc1ccc2ncn(CC3CCCNC3)c2c1. The van der Waals surface area contributed by atoms with E-state index in [9.17, 15) is 4.39 Å². The zero-order valence-corrected chi connectivity index (χ0v) is 9.69. The first-order valence-corrected chi connectivity index (χ1v) is 6.14. The van der Waals surface area contributed by atoms with Gasteiger partial charge < -0.3 is 9.88 Å². The predicted octanol–water partition coefficient (Wildman–Crippen LogP) is 2.17. The number of nitrogens with one attached hydrogen (secondary N) is 1. The molecule has 1 aliphatic heterocycles. The number of aromatic nitrogens is 2. The van der Waals surface area contributed by atoms with Crippen LogP contribution in [-0.2, 0) is 6.54 Å². The van der Waals surface area contributed by atoms with Crippen LogP contribution in [0.2, 0.25) is 0 Å². The van der Waals surface area contributed by atoms with Crippen LogP contribution in [0.3, 0.4) is 0 Å². The van der Waals surface area contributed by atoms with Crippen LogP contribution >= 0.6 is 0 Å². The van der Waals surface area contributed by atoms with Gasteiger partial charge in [-0.2, -0.15) is 0 Å². The van der Waals surface area contributed by atoms with Crippen LogP contribution in [0.15, 0.2) is 24.5 Å². The van der Waals surface area contributed by atoms with Crippen LogP contribution in [0.4, 0.5) is 4.39 Å². The van der Waals surface area contributed by atoms with E-state index in [0.29, 0.717) is 5.92 Å². The van der Waals surface area contributed by atoms with Gasteiger partial charge in [0, 0.05) is 6.54 Å². The van der Waals surface area contributed by atoms with Gasteiger partial charge in [-0.3, -0.25) is 0 Å². The highest BCUT2D eigenvalue weighted by Gasteiger charge is 2.14. The second-order valence-electron chi connectivity index (χ2n) is 4.74. The predicted molar refractivity (Wildman–Crippen MR) is 65.3 cm³/mol. The first-order valence-electron chi connectivity index (χ1n) is 6.14. The van der Waals surface area contributed by atoms with Gasteiger partial charge in [-0.25, -0.2) is 9.37 Å². The van der Waals surface area contributed by atoms with Crippen LogP contribution < -0.4 is 5.32 Å². The highest BCUT2D eigenvalue weighted by atomic mass is 19.1. The molecule has 4 heteroatoms. The summed E-state index contributed by atoms with van der Waals surface area (Å²) in [5.41, 5.74) is 1.77. The molecule has 1 aliphatic rings. The Morgan fingerprint density at radius 2 is 2.41 bits per heavy atom. The molecule has 0 saturated carbocycles. The molecular weight excluding hydrogens is 217 g/mol. The molecule has 0 radical (unpaired) electrons. The first-order chi connectivity index (χ1) is 8.33. The van der Waals surface area contributed by atoms with E-state index < -0.39 is 0 Å². The molecule has 90 valence electrons. The van der Waals surface area contributed by atoms with Gasteiger partial charge in [-0.15, -0.1) is 0 Å². The molecule has 3 nitrogen and oxygen atoms in total. The quantitative estimate of drug-likeness (QED) is 0.861. The molecular formula is C13H16FN3. The maximum absolute atomic E-state index is 13.2. The molecule has 1 aromatic carbocycles. The van der Waals surface area contributed by atoms with Crippen LogP contribution in [0.5, 0.6) is 0 Å². The summed E-state index contributed by atoms with van der Waals surface area (Å²) in [6.45, 7) is 3.09. The Morgan fingerprint density at radius 3 is 3.24 bits per heavy atom. The number of hydrogen-bond acceptors (Lipinski definition) is 2. The number of piperidine rings is 1. The summed E-state index contributed by atoms with van der Waals surface area (Å²) in [5, 5.41) is 3.40. The summed E-state index contributed by atoms with van der Waals surface area (Å²) in [6.07, 6.45) is 4.28. The van der Waals surface area contributed by atoms with Crippen molar-refractivity contribution in [3.63, 3.8) is 0 Å². The Kier molecular flexibility index (Phi) is 2.81. The van der Waals surface area contributed by atoms with Crippen molar-refractivity contribution in [1.29, 1.82) is 0 Å². The van der Waals surface area contributed by atoms with Gasteiger partial charge in [0.2, 0.25) is 0 Å². The Bertz CT molecular complexity index is 514. The molecule has 3 rings (SSSR count). The number of imidazole rings is 1. The van der Waals surface area contributed by atoms with Gasteiger partial charge >= 0.3 is 0 Å². The Labute approximate surface area is 99.7 Å². The van der Waals surface area contributed by atoms with Gasteiger partial charge in [0.25, 0.3) is 0 Å². The summed E-state index contributed by atoms with van der Waals surface area (Å²) < 4.78 is 15.3. The Hall–Kier alpha value is -1.42. The third-order valence-electron chi connectivity index (χ3n) is 3.44. The average Bonchev–Trinajstić information content (AvgIpc) is 2.73. The van der Waals surface area contributed by atoms with E-state index >= 15 is 0 Å². The van der Waals surface area contributed by atoms with Crippen molar-refractivity contribution in [1.82, 2.24) is 14.9 Å². The number of halogens is 1. The zero-order chi connectivity index (χ0) is 11.7. The molecule has 0 spiro atoms. The number of hydrogen-bond donors (Lipinski definition) is 1. The lowest BCUT2D eigenvalue weighted by Gasteiger charge is -2.23. The topological polar surface area (TPSA) is 29.9 Å². The molecule has 0 bridgehead atoms. The number of benzene rings is 1. The van der Waals surface area contributed by atoms with E-state index in [1.807, 2.05) is 6.33 Å². The first kappa shape index (κ1) is 10.7. The summed E-state index contributed by atoms with van der Waals surface area (Å²) >= 11 is 0. The van der Waals surface area contributed by atoms with Crippen LogP contribution in [0.1, 0.15) is 12.8 Å². The van der Waals surface area contributed by atoms with E-state index in [4.69, 9.17) is 0 Å². The highest BCUT2D eigenvalue weighted by molar-refractivity contribution is 5.75. The van der Waals surface area contributed by atoms with Crippen LogP contribution in [0, 0.1) is 11.7 Å². The maximum atomic E-state index is 13.2. The van der Waals surface area contributed by atoms with E-state index in [-0.39, 0.29) is 5.82 Å². The summed E-state index contributed by atoms with van der Waals surface area (Å²) in [5.74, 6) is 0.436. The van der Waals surface area contributed by atoms with Gasteiger partial charge in [0.05, 0.1) is 17.4 Å². The molecule has 2 heterocycles. The van der Waals surface area contributed by atoms with E-state index in [1.54, 1.807) is 12.1 Å². The molecule has 17 heavy (non-hydrogen) atoms. The molecule has 1 aromatic heterocycles. The highest BCUT2D eigenvalue weighted by Crippen LogP contribution is 2.18. The number of nitrogens with zero attached hydrogens (tertiary/aromatic N) is 2. The van der Waals surface area contributed by atoms with Crippen molar-refractivity contribution < 1.29 is 4.39 Å². The molecule has 1 unspecified atom stereocenters. The summed E-state index contributed by atoms with van der Waals surface area (Å²) in [6, 6.07) is 4.76. The van der Waals surface area contributed by atoms with Crippen molar-refractivity contribution in [2.24, 2.45) is 5.92 Å². The van der Waals surface area contributed by atoms with Crippen LogP contribution in [-0.4, -0.2) is 22.6 Å².